The van der Waals surface area contributed by atoms with Gasteiger partial charge < -0.3 is 10.6 Å². The number of nitro benzene ring substituents is 1. The van der Waals surface area contributed by atoms with Crippen LogP contribution in [0.1, 0.15) is 12.5 Å². The van der Waals surface area contributed by atoms with Gasteiger partial charge in [-0.15, -0.1) is 0 Å². The van der Waals surface area contributed by atoms with Crippen molar-refractivity contribution >= 4 is 34.4 Å². The number of hydrogen-bond donors (Lipinski definition) is 2. The van der Waals surface area contributed by atoms with Gasteiger partial charge in [-0.3, -0.25) is 10.1 Å². The van der Waals surface area contributed by atoms with Gasteiger partial charge in [0.1, 0.15) is 11.4 Å². The summed E-state index contributed by atoms with van der Waals surface area (Å²) in [5, 5.41) is 18.1. The molecule has 2 rings (SSSR count). The molecule has 0 unspecified atom stereocenters. The van der Waals surface area contributed by atoms with Crippen LogP contribution in [0.15, 0.2) is 36.4 Å². The predicted octanol–water partition coefficient (Wildman–Crippen LogP) is 4.73. The highest BCUT2D eigenvalue weighted by molar-refractivity contribution is 6.31. The summed E-state index contributed by atoms with van der Waals surface area (Å²) in [5.74, 6) is 0. The minimum atomic E-state index is -0.389. The van der Waals surface area contributed by atoms with Crippen molar-refractivity contribution in [2.24, 2.45) is 0 Å². The summed E-state index contributed by atoms with van der Waals surface area (Å²) in [6, 6.07) is 10.6. The quantitative estimate of drug-likeness (QED) is 0.619. The molecule has 2 aromatic rings. The maximum atomic E-state index is 11.4. The average Bonchev–Trinajstić information content (AvgIpc) is 2.44. The number of nitrogens with zero attached hydrogens (tertiary/aromatic N) is 1. The molecule has 2 aromatic carbocycles. The van der Waals surface area contributed by atoms with Gasteiger partial charge in [-0.2, -0.15) is 0 Å². The van der Waals surface area contributed by atoms with E-state index in [1.54, 1.807) is 30.3 Å². The van der Waals surface area contributed by atoms with Crippen LogP contribution in [0.3, 0.4) is 0 Å². The van der Waals surface area contributed by atoms with Crippen LogP contribution in [-0.2, 0) is 0 Å². The van der Waals surface area contributed by atoms with Gasteiger partial charge >= 0.3 is 5.69 Å². The third kappa shape index (κ3) is 3.25. The minimum Gasteiger partial charge on any atom is -0.380 e. The van der Waals surface area contributed by atoms with Gasteiger partial charge in [-0.05, 0) is 43.7 Å². The zero-order chi connectivity index (χ0) is 15.4. The first-order valence-corrected chi connectivity index (χ1v) is 6.95. The molecule has 0 saturated heterocycles. The van der Waals surface area contributed by atoms with Crippen LogP contribution in [0.4, 0.5) is 22.7 Å². The van der Waals surface area contributed by atoms with Crippen LogP contribution in [0.2, 0.25) is 5.02 Å². The highest BCUT2D eigenvalue weighted by Gasteiger charge is 2.19. The van der Waals surface area contributed by atoms with Crippen LogP contribution in [0.5, 0.6) is 0 Å². The van der Waals surface area contributed by atoms with Gasteiger partial charge in [0.15, 0.2) is 0 Å². The van der Waals surface area contributed by atoms with Gasteiger partial charge in [-0.25, -0.2) is 0 Å². The Morgan fingerprint density at radius 2 is 1.76 bits per heavy atom. The summed E-state index contributed by atoms with van der Waals surface area (Å²) < 4.78 is 0. The summed E-state index contributed by atoms with van der Waals surface area (Å²) in [5.41, 5.74) is 2.55. The highest BCUT2D eigenvalue weighted by atomic mass is 35.5. The lowest BCUT2D eigenvalue weighted by atomic mass is 10.1. The highest BCUT2D eigenvalue weighted by Crippen LogP contribution is 2.36. The summed E-state index contributed by atoms with van der Waals surface area (Å²) in [7, 11) is 0. The molecule has 0 aliphatic carbocycles. The topological polar surface area (TPSA) is 67.2 Å². The van der Waals surface area contributed by atoms with Crippen LogP contribution in [0, 0.1) is 17.0 Å². The lowest BCUT2D eigenvalue weighted by Crippen LogP contribution is -2.04. The summed E-state index contributed by atoms with van der Waals surface area (Å²) in [6.07, 6.45) is 0. The molecule has 0 amide bonds. The molecule has 21 heavy (non-hydrogen) atoms. The van der Waals surface area contributed by atoms with Crippen molar-refractivity contribution in [1.29, 1.82) is 0 Å². The van der Waals surface area contributed by atoms with Gasteiger partial charge in [0.05, 0.1) is 4.92 Å². The van der Waals surface area contributed by atoms with Crippen LogP contribution >= 0.6 is 11.6 Å². The number of rotatable bonds is 5. The molecule has 0 atom stereocenters. The molecule has 0 spiro atoms. The van der Waals surface area contributed by atoms with Crippen molar-refractivity contribution in [3.63, 3.8) is 0 Å². The maximum absolute atomic E-state index is 11.4. The van der Waals surface area contributed by atoms with E-state index >= 15 is 0 Å². The Morgan fingerprint density at radius 3 is 2.43 bits per heavy atom. The molecule has 0 saturated carbocycles. The molecule has 0 radical (unpaired) electrons. The first-order chi connectivity index (χ1) is 10.0. The Morgan fingerprint density at radius 1 is 1.14 bits per heavy atom. The monoisotopic (exact) mass is 305 g/mol. The predicted molar refractivity (Wildman–Crippen MR) is 86.7 cm³/mol. The van der Waals surface area contributed by atoms with Gasteiger partial charge in [-0.1, -0.05) is 23.7 Å². The average molecular weight is 306 g/mol. The van der Waals surface area contributed by atoms with Crippen LogP contribution in [0.25, 0.3) is 0 Å². The Labute approximate surface area is 128 Å². The summed E-state index contributed by atoms with van der Waals surface area (Å²) in [4.78, 5) is 11.0. The molecule has 0 aliphatic rings. The number of anilines is 3. The normalized spacial score (nSPS) is 10.2. The maximum Gasteiger partial charge on any atom is 0.315 e. The summed E-state index contributed by atoms with van der Waals surface area (Å²) in [6.45, 7) is 4.37. The fourth-order valence-corrected chi connectivity index (χ4v) is 2.24. The van der Waals surface area contributed by atoms with Gasteiger partial charge in [0, 0.05) is 17.3 Å². The molecule has 6 heteroatoms. The van der Waals surface area contributed by atoms with Gasteiger partial charge in [0.25, 0.3) is 0 Å². The Kier molecular flexibility index (Phi) is 4.65. The molecule has 0 heterocycles. The zero-order valence-corrected chi connectivity index (χ0v) is 12.6. The lowest BCUT2D eigenvalue weighted by Gasteiger charge is -2.13. The third-order valence-electron chi connectivity index (χ3n) is 3.12. The molecule has 0 fully saturated rings. The van der Waals surface area contributed by atoms with E-state index in [9.17, 15) is 10.1 Å². The number of nitrogens with one attached hydrogen (secondary N) is 2. The molecule has 0 aromatic heterocycles. The molecule has 0 bridgehead atoms. The van der Waals surface area contributed by atoms with Crippen molar-refractivity contribution in [2.45, 2.75) is 13.8 Å². The molecule has 5 nitrogen and oxygen atoms in total. The number of halogens is 1. The van der Waals surface area contributed by atoms with Crippen molar-refractivity contribution in [1.82, 2.24) is 0 Å². The van der Waals surface area contributed by atoms with E-state index < -0.39 is 0 Å². The standard InChI is InChI=1S/C15H16ClN3O2/c1-3-17-13-8-5-9-14(15(13)19(20)21)18-12-7-4-6-11(16)10(12)2/h4-9,17-18H,3H2,1-2H3. The third-order valence-corrected chi connectivity index (χ3v) is 3.53. The van der Waals surface area contributed by atoms with Crippen molar-refractivity contribution < 1.29 is 4.92 Å². The van der Waals surface area contributed by atoms with E-state index in [4.69, 9.17) is 11.6 Å². The fourth-order valence-electron chi connectivity index (χ4n) is 2.06. The van der Waals surface area contributed by atoms with Crippen molar-refractivity contribution in [3.05, 3.63) is 57.1 Å². The summed E-state index contributed by atoms with van der Waals surface area (Å²) >= 11 is 6.08. The second-order valence-electron chi connectivity index (χ2n) is 4.53. The zero-order valence-electron chi connectivity index (χ0n) is 11.8. The van der Waals surface area contributed by atoms with E-state index in [0.29, 0.717) is 22.9 Å². The van der Waals surface area contributed by atoms with E-state index in [0.717, 1.165) is 11.3 Å². The SMILES string of the molecule is CCNc1cccc(Nc2cccc(Cl)c2C)c1[N+](=O)[O-]. The number of nitro groups is 1. The first-order valence-electron chi connectivity index (χ1n) is 6.58. The van der Waals surface area contributed by atoms with Crippen molar-refractivity contribution in [2.75, 3.05) is 17.2 Å². The second kappa shape index (κ2) is 6.45. The van der Waals surface area contributed by atoms with Crippen LogP contribution in [-0.4, -0.2) is 11.5 Å². The van der Waals surface area contributed by atoms with Crippen molar-refractivity contribution in [3.8, 4) is 0 Å². The molecule has 0 aliphatic heterocycles. The van der Waals surface area contributed by atoms with E-state index in [1.807, 2.05) is 19.9 Å². The molecule has 2 N–H and O–H groups in total. The Bertz CT molecular complexity index is 674. The molecular formula is C15H16ClN3O2. The molecule has 110 valence electrons. The van der Waals surface area contributed by atoms with E-state index in [2.05, 4.69) is 10.6 Å². The number of hydrogen-bond acceptors (Lipinski definition) is 4. The smallest absolute Gasteiger partial charge is 0.315 e. The minimum absolute atomic E-state index is 0.0266. The fraction of sp³-hybridized carbons (Fsp3) is 0.200. The van der Waals surface area contributed by atoms with Crippen LogP contribution < -0.4 is 10.6 Å². The van der Waals surface area contributed by atoms with E-state index in [1.165, 1.54) is 0 Å². The molecular weight excluding hydrogens is 290 g/mol. The van der Waals surface area contributed by atoms with Gasteiger partial charge in [0.2, 0.25) is 0 Å². The number of para-hydroxylation sites is 1. The first kappa shape index (κ1) is 15.1. The largest absolute Gasteiger partial charge is 0.380 e. The Hall–Kier alpha value is -2.27. The second-order valence-corrected chi connectivity index (χ2v) is 4.93. The Balaban J connectivity index is 2.46. The lowest BCUT2D eigenvalue weighted by molar-refractivity contribution is -0.383. The number of benzene rings is 2. The van der Waals surface area contributed by atoms with E-state index in [-0.39, 0.29) is 10.6 Å².